The molecular formula is C22H30N4O. The van der Waals surface area contributed by atoms with Gasteiger partial charge in [-0.1, -0.05) is 26.8 Å². The van der Waals surface area contributed by atoms with Gasteiger partial charge >= 0.3 is 0 Å². The van der Waals surface area contributed by atoms with Crippen molar-refractivity contribution in [2.24, 2.45) is 11.3 Å². The van der Waals surface area contributed by atoms with Gasteiger partial charge in [0.05, 0.1) is 11.7 Å². The Bertz CT molecular complexity index is 727. The molecule has 3 heterocycles. The van der Waals surface area contributed by atoms with Crippen LogP contribution in [0.15, 0.2) is 48.9 Å². The van der Waals surface area contributed by atoms with E-state index in [1.54, 1.807) is 0 Å². The van der Waals surface area contributed by atoms with Crippen LogP contribution in [0.2, 0.25) is 0 Å². The quantitative estimate of drug-likeness (QED) is 0.878. The molecule has 0 bridgehead atoms. The normalized spacial score (nSPS) is 19.4. The Morgan fingerprint density at radius 3 is 2.67 bits per heavy atom. The molecule has 2 aromatic rings. The first-order valence-corrected chi connectivity index (χ1v) is 9.76. The average Bonchev–Trinajstić information content (AvgIpc) is 2.67. The van der Waals surface area contributed by atoms with Crippen molar-refractivity contribution in [3.8, 4) is 0 Å². The smallest absolute Gasteiger partial charge is 0.225 e. The molecule has 0 aliphatic carbocycles. The molecule has 5 heteroatoms. The summed E-state index contributed by atoms with van der Waals surface area (Å²) < 4.78 is 0. The number of piperidine rings is 1. The van der Waals surface area contributed by atoms with E-state index >= 15 is 0 Å². The molecule has 1 N–H and O–H groups in total. The Morgan fingerprint density at radius 2 is 2.00 bits per heavy atom. The topological polar surface area (TPSA) is 58.1 Å². The van der Waals surface area contributed by atoms with Gasteiger partial charge in [-0.05, 0) is 55.1 Å². The summed E-state index contributed by atoms with van der Waals surface area (Å²) in [4.78, 5) is 23.8. The van der Waals surface area contributed by atoms with Crippen LogP contribution in [0.5, 0.6) is 0 Å². The molecule has 0 spiro atoms. The highest BCUT2D eigenvalue weighted by Gasteiger charge is 2.33. The lowest BCUT2D eigenvalue weighted by atomic mass is 9.86. The lowest BCUT2D eigenvalue weighted by molar-refractivity contribution is -0.130. The third-order valence-corrected chi connectivity index (χ3v) is 5.14. The van der Waals surface area contributed by atoms with Crippen LogP contribution in [0.4, 0.5) is 0 Å². The van der Waals surface area contributed by atoms with E-state index in [1.165, 1.54) is 5.56 Å². The van der Waals surface area contributed by atoms with E-state index in [2.05, 4.69) is 32.3 Å². The maximum Gasteiger partial charge on any atom is 0.225 e. The van der Waals surface area contributed by atoms with Crippen LogP contribution in [0.25, 0.3) is 0 Å². The van der Waals surface area contributed by atoms with Gasteiger partial charge in [0.25, 0.3) is 0 Å². The summed E-state index contributed by atoms with van der Waals surface area (Å²) in [6.45, 7) is 8.81. The van der Waals surface area contributed by atoms with E-state index in [0.717, 1.165) is 38.2 Å². The van der Waals surface area contributed by atoms with Crippen LogP contribution in [0.1, 0.15) is 50.9 Å². The number of hydrogen-bond acceptors (Lipinski definition) is 4. The highest BCUT2D eigenvalue weighted by atomic mass is 16.2. The van der Waals surface area contributed by atoms with Crippen molar-refractivity contribution in [1.82, 2.24) is 20.2 Å². The van der Waals surface area contributed by atoms with Gasteiger partial charge in [0.2, 0.25) is 5.91 Å². The molecule has 5 nitrogen and oxygen atoms in total. The van der Waals surface area contributed by atoms with Gasteiger partial charge in [-0.2, -0.15) is 0 Å². The van der Waals surface area contributed by atoms with Crippen LogP contribution < -0.4 is 5.32 Å². The molecule has 3 rings (SSSR count). The first-order valence-electron chi connectivity index (χ1n) is 9.76. The molecule has 0 saturated carbocycles. The van der Waals surface area contributed by atoms with Crippen LogP contribution >= 0.6 is 0 Å². The van der Waals surface area contributed by atoms with Gasteiger partial charge in [-0.25, -0.2) is 0 Å². The summed E-state index contributed by atoms with van der Waals surface area (Å²) in [5.41, 5.74) is 1.81. The first-order chi connectivity index (χ1) is 12.9. The molecule has 0 unspecified atom stereocenters. The number of nitrogens with one attached hydrogen (secondary N) is 1. The largest absolute Gasteiger partial charge is 0.347 e. The summed E-state index contributed by atoms with van der Waals surface area (Å²) in [6, 6.07) is 10.0. The minimum Gasteiger partial charge on any atom is -0.347 e. The number of hydrogen-bond donors (Lipinski definition) is 1. The average molecular weight is 367 g/mol. The Labute approximate surface area is 162 Å². The fourth-order valence-electron chi connectivity index (χ4n) is 3.60. The molecule has 1 saturated heterocycles. The number of carbonyl (C=O) groups excluding carboxylic acids is 1. The van der Waals surface area contributed by atoms with E-state index in [-0.39, 0.29) is 11.9 Å². The lowest BCUT2D eigenvalue weighted by Gasteiger charge is -2.38. The van der Waals surface area contributed by atoms with Gasteiger partial charge in [-0.15, -0.1) is 0 Å². The molecule has 1 fully saturated rings. The summed E-state index contributed by atoms with van der Waals surface area (Å²) in [7, 11) is 0. The second-order valence-electron chi connectivity index (χ2n) is 8.45. The molecule has 27 heavy (non-hydrogen) atoms. The van der Waals surface area contributed by atoms with Crippen molar-refractivity contribution in [1.29, 1.82) is 0 Å². The number of rotatable bonds is 5. The van der Waals surface area contributed by atoms with E-state index in [9.17, 15) is 4.79 Å². The molecule has 144 valence electrons. The Balaban J connectivity index is 1.76. The van der Waals surface area contributed by atoms with Gasteiger partial charge in [-0.3, -0.25) is 19.7 Å². The fraction of sp³-hybridized carbons (Fsp3) is 0.500. The minimum atomic E-state index is -0.418. The number of carbonyl (C=O) groups is 1. The number of likely N-dealkylation sites (tertiary alicyclic amines) is 1. The van der Waals surface area contributed by atoms with E-state index < -0.39 is 5.41 Å². The van der Waals surface area contributed by atoms with Gasteiger partial charge < -0.3 is 5.32 Å². The predicted octanol–water partition coefficient (Wildman–Crippen LogP) is 3.59. The highest BCUT2D eigenvalue weighted by Crippen LogP contribution is 2.30. The highest BCUT2D eigenvalue weighted by molar-refractivity contribution is 5.81. The summed E-state index contributed by atoms with van der Waals surface area (Å²) >= 11 is 0. The van der Waals surface area contributed by atoms with E-state index in [1.807, 2.05) is 57.6 Å². The zero-order valence-corrected chi connectivity index (χ0v) is 16.6. The van der Waals surface area contributed by atoms with Crippen molar-refractivity contribution in [3.05, 3.63) is 60.2 Å². The van der Waals surface area contributed by atoms with Crippen molar-refractivity contribution in [2.45, 2.75) is 46.2 Å². The van der Waals surface area contributed by atoms with Crippen molar-refractivity contribution in [2.75, 3.05) is 13.1 Å². The predicted molar refractivity (Wildman–Crippen MR) is 107 cm³/mol. The molecule has 1 aliphatic rings. The molecule has 2 atom stereocenters. The van der Waals surface area contributed by atoms with Gasteiger partial charge in [0.15, 0.2) is 0 Å². The standard InChI is InChI=1S/C22H30N4O/c1-22(2,3)21(27)25-20(19-8-4-5-11-24-19)18-7-6-14-26(16-18)15-17-9-12-23-13-10-17/h4-5,8-13,18,20H,6-7,14-16H2,1-3H3,(H,25,27)/t18-,20-/m0/s1. The number of amides is 1. The van der Waals surface area contributed by atoms with Crippen molar-refractivity contribution >= 4 is 5.91 Å². The van der Waals surface area contributed by atoms with Crippen molar-refractivity contribution in [3.63, 3.8) is 0 Å². The summed E-state index contributed by atoms with van der Waals surface area (Å²) in [6.07, 6.45) is 7.72. The first kappa shape index (κ1) is 19.5. The molecule has 0 aromatic carbocycles. The zero-order chi connectivity index (χ0) is 19.3. The number of pyridine rings is 2. The number of aromatic nitrogens is 2. The lowest BCUT2D eigenvalue weighted by Crippen LogP contribution is -2.45. The summed E-state index contributed by atoms with van der Waals surface area (Å²) in [5.74, 6) is 0.422. The van der Waals surface area contributed by atoms with Gasteiger partial charge in [0, 0.05) is 37.1 Å². The number of nitrogens with zero attached hydrogens (tertiary/aromatic N) is 3. The second-order valence-corrected chi connectivity index (χ2v) is 8.45. The Kier molecular flexibility index (Phi) is 6.22. The van der Waals surface area contributed by atoms with E-state index in [0.29, 0.717) is 5.92 Å². The van der Waals surface area contributed by atoms with Crippen LogP contribution in [0.3, 0.4) is 0 Å². The Hall–Kier alpha value is -2.27. The summed E-state index contributed by atoms with van der Waals surface area (Å²) in [5, 5.41) is 3.29. The Morgan fingerprint density at radius 1 is 1.22 bits per heavy atom. The molecule has 1 aliphatic heterocycles. The van der Waals surface area contributed by atoms with Crippen molar-refractivity contribution < 1.29 is 4.79 Å². The molecule has 2 aromatic heterocycles. The zero-order valence-electron chi connectivity index (χ0n) is 16.6. The third-order valence-electron chi connectivity index (χ3n) is 5.14. The molecular weight excluding hydrogens is 336 g/mol. The van der Waals surface area contributed by atoms with Crippen LogP contribution in [-0.4, -0.2) is 33.9 Å². The fourth-order valence-corrected chi connectivity index (χ4v) is 3.60. The third kappa shape index (κ3) is 5.36. The second kappa shape index (κ2) is 8.61. The SMILES string of the molecule is CC(C)(C)C(=O)N[C@H](c1ccccn1)[C@H]1CCCN(Cc2ccncc2)C1. The monoisotopic (exact) mass is 366 g/mol. The van der Waals surface area contributed by atoms with E-state index in [4.69, 9.17) is 0 Å². The maximum atomic E-state index is 12.7. The van der Waals surface area contributed by atoms with Gasteiger partial charge in [0.1, 0.15) is 0 Å². The van der Waals surface area contributed by atoms with Crippen LogP contribution in [-0.2, 0) is 11.3 Å². The molecule has 1 amide bonds. The molecule has 0 radical (unpaired) electrons. The van der Waals surface area contributed by atoms with Crippen LogP contribution in [0, 0.1) is 11.3 Å². The minimum absolute atomic E-state index is 0.0573. The maximum absolute atomic E-state index is 12.7.